The second kappa shape index (κ2) is 17.4. The molecule has 1 aliphatic carbocycles. The van der Waals surface area contributed by atoms with Gasteiger partial charge in [0, 0.05) is 26.6 Å². The lowest BCUT2D eigenvalue weighted by Gasteiger charge is -2.43. The van der Waals surface area contributed by atoms with E-state index in [1.54, 1.807) is 0 Å². The van der Waals surface area contributed by atoms with Crippen molar-refractivity contribution in [3.8, 4) is 11.1 Å². The maximum atomic E-state index is 2.61. The van der Waals surface area contributed by atoms with E-state index in [1.807, 2.05) is 11.8 Å². The van der Waals surface area contributed by atoms with Crippen LogP contribution in [-0.4, -0.2) is 8.07 Å². The van der Waals surface area contributed by atoms with E-state index < -0.39 is 13.5 Å². The topological polar surface area (TPSA) is 6.48 Å². The highest BCUT2D eigenvalue weighted by molar-refractivity contribution is 7.99. The molecule has 2 heterocycles. The summed E-state index contributed by atoms with van der Waals surface area (Å²) in [4.78, 5) is 7.56. The summed E-state index contributed by atoms with van der Waals surface area (Å²) in [6.45, 7) is 4.75. The van der Waals surface area contributed by atoms with Gasteiger partial charge < -0.3 is 9.80 Å². The van der Waals surface area contributed by atoms with Crippen molar-refractivity contribution in [1.29, 1.82) is 0 Å². The molecule has 11 aromatic carbocycles. The Morgan fingerprint density at radius 1 is 0.311 bits per heavy atom. The van der Waals surface area contributed by atoms with E-state index in [9.17, 15) is 0 Å². The fourth-order valence-corrected chi connectivity index (χ4v) is 19.0. The SMILES string of the molecule is CC1(C)c2ccccc2N(c2cc(N3c4ccccc4Sc4ccccc43)cc([Si](c3ccccc3)(c3ccccc3)c3cccc(C4(c5ccccc5)c5ccccc5-c5ccccc54)c3)c2)c2ccccc21. The average Bonchev–Trinajstić information content (AvgIpc) is 3.77. The van der Waals surface area contributed by atoms with Crippen LogP contribution >= 0.6 is 11.8 Å². The minimum Gasteiger partial charge on any atom is -0.310 e. The molecule has 0 fully saturated rings. The number of hydrogen-bond acceptors (Lipinski definition) is 3. The number of anilines is 6. The molecule has 0 amide bonds. The number of rotatable bonds is 8. The number of para-hydroxylation sites is 4. The van der Waals surface area contributed by atoms with Crippen LogP contribution in [-0.2, 0) is 10.8 Å². The van der Waals surface area contributed by atoms with Gasteiger partial charge in [-0.05, 0) is 120 Å². The number of benzene rings is 11. The van der Waals surface area contributed by atoms with Crippen LogP contribution in [0.5, 0.6) is 0 Å². The van der Waals surface area contributed by atoms with Gasteiger partial charge in [-0.25, -0.2) is 0 Å². The summed E-state index contributed by atoms with van der Waals surface area (Å²) in [6.07, 6.45) is 0. The van der Waals surface area contributed by atoms with Crippen molar-refractivity contribution in [3.05, 3.63) is 312 Å². The Balaban J connectivity index is 1.12. The Morgan fingerprint density at radius 3 is 1.23 bits per heavy atom. The van der Waals surface area contributed by atoms with E-state index >= 15 is 0 Å². The Morgan fingerprint density at radius 2 is 0.703 bits per heavy atom. The highest BCUT2D eigenvalue weighted by atomic mass is 32.2. The summed E-state index contributed by atoms with van der Waals surface area (Å²) in [5.74, 6) is 0. The van der Waals surface area contributed by atoms with E-state index in [0.717, 1.165) is 11.4 Å². The standard InChI is InChI=1S/C70H52N2SSi/c1-69(2)61-37-16-18-39-63(61)71(64-40-19-17-38-62(64)69)51-46-52(72-65-41-20-22-43-67(65)73-68-44-23-21-42-66(68)72)48-56(47-51)74(53-28-8-4-9-29-53,54-30-10-5-11-31-54)55-32-24-27-50(45-55)70(49-25-6-3-7-26-49)59-35-14-12-33-57(59)58-34-13-15-36-60(58)70/h3-48H,1-2H3. The number of fused-ring (bicyclic) bond motifs is 7. The molecule has 0 N–H and O–H groups in total. The minimum atomic E-state index is -3.34. The summed E-state index contributed by atoms with van der Waals surface area (Å²) in [5.41, 5.74) is 16.5. The zero-order chi connectivity index (χ0) is 49.4. The molecule has 3 aliphatic rings. The molecule has 0 saturated carbocycles. The van der Waals surface area contributed by atoms with Gasteiger partial charge in [0.05, 0.1) is 28.2 Å². The summed E-state index contributed by atoms with van der Waals surface area (Å²) >= 11 is 1.85. The fourth-order valence-electron chi connectivity index (χ4n) is 13.1. The van der Waals surface area contributed by atoms with Crippen LogP contribution in [0.2, 0.25) is 0 Å². The first kappa shape index (κ1) is 44.3. The van der Waals surface area contributed by atoms with Crippen molar-refractivity contribution in [2.75, 3.05) is 9.80 Å². The summed E-state index contributed by atoms with van der Waals surface area (Å²) in [7, 11) is -3.34. The fraction of sp³-hybridized carbons (Fsp3) is 0.0571. The maximum absolute atomic E-state index is 3.34. The van der Waals surface area contributed by atoms with Crippen LogP contribution in [0.1, 0.15) is 47.2 Å². The van der Waals surface area contributed by atoms with Crippen molar-refractivity contribution in [1.82, 2.24) is 0 Å². The lowest BCUT2D eigenvalue weighted by molar-refractivity contribution is 0.632. The van der Waals surface area contributed by atoms with Crippen molar-refractivity contribution in [2.24, 2.45) is 0 Å². The van der Waals surface area contributed by atoms with E-state index in [-0.39, 0.29) is 5.41 Å². The molecule has 352 valence electrons. The first-order valence-electron chi connectivity index (χ1n) is 25.7. The largest absolute Gasteiger partial charge is 0.310 e. The molecular formula is C70H52N2SSi. The molecule has 11 aromatic rings. The Bertz CT molecular complexity index is 3760. The highest BCUT2D eigenvalue weighted by Gasteiger charge is 2.49. The first-order valence-corrected chi connectivity index (χ1v) is 28.6. The molecule has 74 heavy (non-hydrogen) atoms. The highest BCUT2D eigenvalue weighted by Crippen LogP contribution is 2.57. The van der Waals surface area contributed by atoms with Gasteiger partial charge in [-0.1, -0.05) is 250 Å². The van der Waals surface area contributed by atoms with Gasteiger partial charge in [0.25, 0.3) is 0 Å². The molecule has 0 unspecified atom stereocenters. The lowest BCUT2D eigenvalue weighted by atomic mass is 9.68. The molecule has 0 aromatic heterocycles. The number of nitrogens with zero attached hydrogens (tertiary/aromatic N) is 2. The molecule has 14 rings (SSSR count). The van der Waals surface area contributed by atoms with Crippen LogP contribution < -0.4 is 30.5 Å². The monoisotopic (exact) mass is 980 g/mol. The van der Waals surface area contributed by atoms with Crippen LogP contribution in [0.3, 0.4) is 0 Å². The maximum Gasteiger partial charge on any atom is 0.179 e. The minimum absolute atomic E-state index is 0.217. The molecule has 2 aliphatic heterocycles. The van der Waals surface area contributed by atoms with Crippen LogP contribution in [0, 0.1) is 0 Å². The van der Waals surface area contributed by atoms with E-state index in [1.165, 1.54) is 97.8 Å². The zero-order valence-electron chi connectivity index (χ0n) is 41.4. The smallest absolute Gasteiger partial charge is 0.179 e. The lowest BCUT2D eigenvalue weighted by Crippen LogP contribution is -2.75. The van der Waals surface area contributed by atoms with Gasteiger partial charge in [-0.15, -0.1) is 0 Å². The first-order chi connectivity index (χ1) is 36.5. The second-order valence-electron chi connectivity index (χ2n) is 20.4. The van der Waals surface area contributed by atoms with Crippen LogP contribution in [0.25, 0.3) is 11.1 Å². The quantitative estimate of drug-likeness (QED) is 0.111. The van der Waals surface area contributed by atoms with Gasteiger partial charge >= 0.3 is 0 Å². The third-order valence-corrected chi connectivity index (χ3v) is 22.1. The summed E-state index contributed by atoms with van der Waals surface area (Å²) in [6, 6.07) is 106. The predicted molar refractivity (Wildman–Crippen MR) is 313 cm³/mol. The van der Waals surface area contributed by atoms with Crippen molar-refractivity contribution in [2.45, 2.75) is 34.5 Å². The third-order valence-electron chi connectivity index (χ3n) is 16.2. The Hall–Kier alpha value is -8.41. The van der Waals surface area contributed by atoms with Crippen LogP contribution in [0.15, 0.2) is 289 Å². The van der Waals surface area contributed by atoms with Crippen LogP contribution in [0.4, 0.5) is 34.1 Å². The van der Waals surface area contributed by atoms with Crippen molar-refractivity contribution < 1.29 is 0 Å². The van der Waals surface area contributed by atoms with Crippen molar-refractivity contribution in [3.63, 3.8) is 0 Å². The second-order valence-corrected chi connectivity index (χ2v) is 25.3. The van der Waals surface area contributed by atoms with Gasteiger partial charge in [0.15, 0.2) is 8.07 Å². The molecule has 0 radical (unpaired) electrons. The molecule has 0 bridgehead atoms. The molecule has 0 atom stereocenters. The molecule has 4 heteroatoms. The molecule has 2 nitrogen and oxygen atoms in total. The van der Waals surface area contributed by atoms with E-state index in [2.05, 4.69) is 303 Å². The zero-order valence-corrected chi connectivity index (χ0v) is 43.2. The van der Waals surface area contributed by atoms with Crippen molar-refractivity contribution >= 4 is 74.7 Å². The summed E-state index contributed by atoms with van der Waals surface area (Å²) < 4.78 is 0. The molecule has 0 spiro atoms. The third kappa shape index (κ3) is 6.51. The average molecular weight is 981 g/mol. The number of hydrogen-bond donors (Lipinski definition) is 0. The van der Waals surface area contributed by atoms with E-state index in [0.29, 0.717) is 0 Å². The summed E-state index contributed by atoms with van der Waals surface area (Å²) in [5, 5.41) is 5.27. The van der Waals surface area contributed by atoms with Gasteiger partial charge in [-0.2, -0.15) is 0 Å². The van der Waals surface area contributed by atoms with Gasteiger partial charge in [0.2, 0.25) is 0 Å². The predicted octanol–water partition coefficient (Wildman–Crippen LogP) is 15.5. The Labute approximate surface area is 439 Å². The van der Waals surface area contributed by atoms with Gasteiger partial charge in [0.1, 0.15) is 0 Å². The van der Waals surface area contributed by atoms with Gasteiger partial charge in [-0.3, -0.25) is 0 Å². The van der Waals surface area contributed by atoms with E-state index in [4.69, 9.17) is 0 Å². The molecule has 0 saturated heterocycles. The normalized spacial score (nSPS) is 14.5. The molecular weight excluding hydrogens is 929 g/mol. The Kier molecular flexibility index (Phi) is 10.4.